The topological polar surface area (TPSA) is 26.3 Å². The molecule has 3 heteroatoms. The Bertz CT molecular complexity index is 188. The van der Waals surface area contributed by atoms with Crippen LogP contribution in [0.3, 0.4) is 0 Å². The molecule has 0 fully saturated rings. The minimum Gasteiger partial charge on any atom is -0.388 e. The van der Waals surface area contributed by atoms with Crippen LogP contribution >= 0.6 is 11.8 Å². The van der Waals surface area contributed by atoms with Crippen molar-refractivity contribution in [2.75, 3.05) is 26.7 Å². The third-order valence-corrected chi connectivity index (χ3v) is 0.667. The summed E-state index contributed by atoms with van der Waals surface area (Å²) in [7, 11) is 3.25. The standard InChI is InChI=1S/C6H6.C3H6O.2C3H8.C2H6O.C2H6S.2C2H6/c1-2-4-6-5-3-1;1-3(2)4;4*1-3-2;2*1-2/h1-6H;1-2H3;2*3H2,1-2H3;2*1-2H3;2*1-2H3. The molecule has 0 aliphatic heterocycles. The molecule has 0 atom stereocenters. The van der Waals surface area contributed by atoms with Crippen molar-refractivity contribution in [2.45, 2.75) is 82.1 Å². The number of carbonyl (C=O) groups is 1. The number of Topliss-reactive ketones (excluding diaryl/α,β-unsaturated/α-hetero) is 1. The number of hydrogen-bond acceptors (Lipinski definition) is 3. The predicted octanol–water partition coefficient (Wildman–Crippen LogP) is 8.41. The maximum atomic E-state index is 9.44. The molecule has 0 aliphatic carbocycles. The number of rotatable bonds is 0. The average Bonchev–Trinajstić information content (AvgIpc) is 2.62. The molecule has 1 aromatic rings. The van der Waals surface area contributed by atoms with E-state index in [4.69, 9.17) is 0 Å². The Labute approximate surface area is 172 Å². The molecule has 0 saturated carbocycles. The van der Waals surface area contributed by atoms with E-state index in [9.17, 15) is 4.79 Å². The lowest BCUT2D eigenvalue weighted by atomic mass is 10.4. The molecular weight excluding hydrogens is 340 g/mol. The summed E-state index contributed by atoms with van der Waals surface area (Å²) in [6, 6.07) is 12.0. The van der Waals surface area contributed by atoms with E-state index >= 15 is 0 Å². The van der Waals surface area contributed by atoms with Gasteiger partial charge in [0.1, 0.15) is 5.78 Å². The summed E-state index contributed by atoms with van der Waals surface area (Å²) >= 11 is 1.75. The molecule has 162 valence electrons. The zero-order valence-corrected chi connectivity index (χ0v) is 21.4. The molecule has 0 spiro atoms. The summed E-state index contributed by atoms with van der Waals surface area (Å²) < 4.78 is 4.25. The molecule has 0 heterocycles. The fourth-order valence-electron chi connectivity index (χ4n) is 0.385. The number of hydrogen-bond donors (Lipinski definition) is 0. The van der Waals surface area contributed by atoms with Crippen molar-refractivity contribution in [1.29, 1.82) is 0 Å². The Hall–Kier alpha value is -0.800. The van der Waals surface area contributed by atoms with Crippen molar-refractivity contribution in [3.8, 4) is 0 Å². The largest absolute Gasteiger partial charge is 0.388 e. The van der Waals surface area contributed by atoms with Crippen molar-refractivity contribution in [3.05, 3.63) is 36.4 Å². The van der Waals surface area contributed by atoms with Crippen LogP contribution < -0.4 is 0 Å². The molecule has 0 unspecified atom stereocenters. The van der Waals surface area contributed by atoms with Gasteiger partial charge in [0, 0.05) is 14.2 Å². The fraction of sp³-hybridized carbons (Fsp3) is 0.696. The summed E-state index contributed by atoms with van der Waals surface area (Å²) in [4.78, 5) is 9.44. The van der Waals surface area contributed by atoms with Gasteiger partial charge < -0.3 is 9.53 Å². The molecule has 0 N–H and O–H groups in total. The second-order valence-electron chi connectivity index (χ2n) is 4.29. The lowest BCUT2D eigenvalue weighted by Gasteiger charge is -1.69. The van der Waals surface area contributed by atoms with E-state index in [1.165, 1.54) is 26.7 Å². The number of ether oxygens (including phenoxy) is 1. The maximum Gasteiger partial charge on any atom is 0.126 e. The Morgan fingerprint density at radius 2 is 0.731 bits per heavy atom. The predicted molar refractivity (Wildman–Crippen MR) is 130 cm³/mol. The molecule has 2 nitrogen and oxygen atoms in total. The van der Waals surface area contributed by atoms with Crippen LogP contribution in [0.5, 0.6) is 0 Å². The molecule has 0 saturated heterocycles. The van der Waals surface area contributed by atoms with Crippen molar-refractivity contribution >= 4 is 17.5 Å². The number of methoxy groups -OCH3 is 1. The zero-order valence-electron chi connectivity index (χ0n) is 20.6. The number of benzene rings is 1. The van der Waals surface area contributed by atoms with Gasteiger partial charge in [-0.25, -0.2) is 0 Å². The van der Waals surface area contributed by atoms with Gasteiger partial charge in [0.2, 0.25) is 0 Å². The van der Waals surface area contributed by atoms with Crippen LogP contribution in [0.25, 0.3) is 0 Å². The van der Waals surface area contributed by atoms with Gasteiger partial charge in [-0.05, 0) is 26.4 Å². The van der Waals surface area contributed by atoms with Crippen LogP contribution in [0.15, 0.2) is 36.4 Å². The van der Waals surface area contributed by atoms with Gasteiger partial charge in [-0.15, -0.1) is 0 Å². The van der Waals surface area contributed by atoms with Gasteiger partial charge in [0.25, 0.3) is 0 Å². The van der Waals surface area contributed by atoms with E-state index in [1.807, 2.05) is 76.6 Å². The second kappa shape index (κ2) is 87.5. The summed E-state index contributed by atoms with van der Waals surface area (Å²) in [5, 5.41) is 0. The van der Waals surface area contributed by atoms with E-state index in [2.05, 4.69) is 32.4 Å². The van der Waals surface area contributed by atoms with E-state index < -0.39 is 0 Å². The van der Waals surface area contributed by atoms with Gasteiger partial charge in [-0.3, -0.25) is 0 Å². The van der Waals surface area contributed by atoms with Crippen LogP contribution in [0.4, 0.5) is 0 Å². The van der Waals surface area contributed by atoms with Gasteiger partial charge in [0.15, 0.2) is 0 Å². The Balaban J connectivity index is -0.0000000330. The highest BCUT2D eigenvalue weighted by atomic mass is 32.2. The maximum absolute atomic E-state index is 9.44. The highest BCUT2D eigenvalue weighted by Crippen LogP contribution is 1.79. The van der Waals surface area contributed by atoms with E-state index in [-0.39, 0.29) is 5.78 Å². The van der Waals surface area contributed by atoms with Crippen molar-refractivity contribution in [1.82, 2.24) is 0 Å². The summed E-state index contributed by atoms with van der Waals surface area (Å²) in [6.07, 6.45) is 6.58. The first kappa shape index (κ1) is 44.6. The van der Waals surface area contributed by atoms with Crippen LogP contribution in [-0.4, -0.2) is 32.5 Å². The highest BCUT2D eigenvalue weighted by Gasteiger charge is 1.62. The average molecular weight is 393 g/mol. The van der Waals surface area contributed by atoms with Crippen molar-refractivity contribution in [2.24, 2.45) is 0 Å². The van der Waals surface area contributed by atoms with Gasteiger partial charge in [-0.1, -0.05) is 105 Å². The molecule has 26 heavy (non-hydrogen) atoms. The third kappa shape index (κ3) is 423. The van der Waals surface area contributed by atoms with E-state index in [0.29, 0.717) is 0 Å². The first-order valence-corrected chi connectivity index (χ1v) is 11.3. The minimum atomic E-state index is 0.167. The monoisotopic (exact) mass is 392 g/mol. The van der Waals surface area contributed by atoms with Crippen LogP contribution in [0, 0.1) is 0 Å². The molecule has 0 bridgehead atoms. The minimum absolute atomic E-state index is 0.167. The SMILES string of the molecule is CC.CC.CC(C)=O.CCC.CCC.COC.CSC.c1ccccc1. The van der Waals surface area contributed by atoms with Crippen LogP contribution in [0.1, 0.15) is 82.1 Å². The Kier molecular flexibility index (Phi) is 150. The quantitative estimate of drug-likeness (QED) is 0.443. The number of thioether (sulfide) groups is 1. The molecule has 0 radical (unpaired) electrons. The first-order valence-electron chi connectivity index (χ1n) is 9.67. The molecule has 1 aromatic carbocycles. The number of ketones is 1. The molecular formula is C23H52O2S. The van der Waals surface area contributed by atoms with Gasteiger partial charge in [0.05, 0.1) is 0 Å². The highest BCUT2D eigenvalue weighted by molar-refractivity contribution is 7.97. The summed E-state index contributed by atoms with van der Waals surface area (Å²) in [5.41, 5.74) is 0. The summed E-state index contributed by atoms with van der Waals surface area (Å²) in [6.45, 7) is 19.6. The van der Waals surface area contributed by atoms with Crippen LogP contribution in [0.2, 0.25) is 0 Å². The van der Waals surface area contributed by atoms with E-state index in [1.54, 1.807) is 26.0 Å². The Morgan fingerprint density at radius 3 is 0.769 bits per heavy atom. The molecule has 1 rings (SSSR count). The lowest BCUT2D eigenvalue weighted by Crippen LogP contribution is -1.69. The molecule has 0 aromatic heterocycles. The third-order valence-electron chi connectivity index (χ3n) is 0.667. The first-order chi connectivity index (χ1) is 12.4. The lowest BCUT2D eigenvalue weighted by molar-refractivity contribution is -0.114. The molecule has 0 amide bonds. The Morgan fingerprint density at radius 1 is 0.692 bits per heavy atom. The molecule has 0 aliphatic rings. The van der Waals surface area contributed by atoms with Gasteiger partial charge in [-0.2, -0.15) is 11.8 Å². The number of carbonyl (C=O) groups excluding carboxylic acids is 1. The van der Waals surface area contributed by atoms with Gasteiger partial charge >= 0.3 is 0 Å². The van der Waals surface area contributed by atoms with Crippen molar-refractivity contribution in [3.63, 3.8) is 0 Å². The fourth-order valence-corrected chi connectivity index (χ4v) is 0.385. The second-order valence-corrected chi connectivity index (χ2v) is 5.11. The summed E-state index contributed by atoms with van der Waals surface area (Å²) in [5.74, 6) is 0.167. The smallest absolute Gasteiger partial charge is 0.126 e. The van der Waals surface area contributed by atoms with E-state index in [0.717, 1.165) is 0 Å². The van der Waals surface area contributed by atoms with Crippen LogP contribution in [-0.2, 0) is 9.53 Å². The normalized spacial score (nSPS) is 6.08. The van der Waals surface area contributed by atoms with Crippen molar-refractivity contribution < 1.29 is 9.53 Å². The zero-order chi connectivity index (χ0) is 22.6.